The van der Waals surface area contributed by atoms with Gasteiger partial charge in [0.25, 0.3) is 0 Å². The maximum absolute atomic E-state index is 9.83. The van der Waals surface area contributed by atoms with Gasteiger partial charge in [-0.25, -0.2) is 0 Å². The number of hydrogen-bond acceptors (Lipinski definition) is 3. The van der Waals surface area contributed by atoms with Crippen LogP contribution in [-0.4, -0.2) is 24.4 Å². The first-order valence-corrected chi connectivity index (χ1v) is 6.74. The fraction of sp³-hybridized carbons (Fsp3) is 0.294. The molecule has 1 N–H and O–H groups in total. The van der Waals surface area contributed by atoms with E-state index < -0.39 is 6.10 Å². The van der Waals surface area contributed by atoms with Crippen molar-refractivity contribution < 1.29 is 14.6 Å². The van der Waals surface area contributed by atoms with Crippen LogP contribution in [0.4, 0.5) is 0 Å². The van der Waals surface area contributed by atoms with Crippen LogP contribution in [0.25, 0.3) is 0 Å². The summed E-state index contributed by atoms with van der Waals surface area (Å²) >= 11 is 0. The minimum absolute atomic E-state index is 0.236. The highest BCUT2D eigenvalue weighted by Crippen LogP contribution is 2.16. The Hall–Kier alpha value is -1.84. The lowest BCUT2D eigenvalue weighted by atomic mass is 10.2. The predicted octanol–water partition coefficient (Wildman–Crippen LogP) is 2.95. The SMILES string of the molecule is Cc1ccccc1OCC(O)COCc1ccccc1. The molecule has 0 amide bonds. The first kappa shape index (κ1) is 14.6. The van der Waals surface area contributed by atoms with Crippen molar-refractivity contribution >= 4 is 0 Å². The topological polar surface area (TPSA) is 38.7 Å². The summed E-state index contributed by atoms with van der Waals surface area (Å²) in [6, 6.07) is 17.6. The normalized spacial score (nSPS) is 12.1. The Morgan fingerprint density at radius 1 is 0.950 bits per heavy atom. The molecule has 20 heavy (non-hydrogen) atoms. The molecule has 0 heterocycles. The van der Waals surface area contributed by atoms with Gasteiger partial charge < -0.3 is 14.6 Å². The maximum atomic E-state index is 9.83. The zero-order chi connectivity index (χ0) is 14.2. The van der Waals surface area contributed by atoms with Gasteiger partial charge in [-0.1, -0.05) is 48.5 Å². The molecule has 3 nitrogen and oxygen atoms in total. The lowest BCUT2D eigenvalue weighted by molar-refractivity contribution is 0.00538. The number of hydrogen-bond donors (Lipinski definition) is 1. The summed E-state index contributed by atoms with van der Waals surface area (Å²) in [5.74, 6) is 0.801. The average Bonchev–Trinajstić information content (AvgIpc) is 2.47. The van der Waals surface area contributed by atoms with Gasteiger partial charge in [0, 0.05) is 0 Å². The van der Waals surface area contributed by atoms with Gasteiger partial charge in [0.2, 0.25) is 0 Å². The number of aliphatic hydroxyl groups excluding tert-OH is 1. The van der Waals surface area contributed by atoms with Gasteiger partial charge in [-0.2, -0.15) is 0 Å². The molecule has 0 bridgehead atoms. The fourth-order valence-electron chi connectivity index (χ4n) is 1.84. The fourth-order valence-corrected chi connectivity index (χ4v) is 1.84. The lowest BCUT2D eigenvalue weighted by Crippen LogP contribution is -2.23. The van der Waals surface area contributed by atoms with Crippen LogP contribution in [0.15, 0.2) is 54.6 Å². The largest absolute Gasteiger partial charge is 0.491 e. The molecule has 2 aromatic rings. The molecule has 0 aliphatic heterocycles. The molecule has 0 aliphatic rings. The van der Waals surface area contributed by atoms with Crippen molar-refractivity contribution in [2.24, 2.45) is 0 Å². The van der Waals surface area contributed by atoms with Crippen LogP contribution in [0.3, 0.4) is 0 Å². The summed E-state index contributed by atoms with van der Waals surface area (Å²) in [7, 11) is 0. The van der Waals surface area contributed by atoms with Gasteiger partial charge in [-0.05, 0) is 24.1 Å². The zero-order valence-corrected chi connectivity index (χ0v) is 11.7. The molecule has 2 rings (SSSR count). The monoisotopic (exact) mass is 272 g/mol. The van der Waals surface area contributed by atoms with Crippen molar-refractivity contribution in [1.29, 1.82) is 0 Å². The van der Waals surface area contributed by atoms with Gasteiger partial charge in [0.15, 0.2) is 0 Å². The van der Waals surface area contributed by atoms with Gasteiger partial charge in [0.05, 0.1) is 13.2 Å². The van der Waals surface area contributed by atoms with Gasteiger partial charge in [0.1, 0.15) is 18.5 Å². The molecule has 0 fully saturated rings. The third kappa shape index (κ3) is 4.68. The predicted molar refractivity (Wildman–Crippen MR) is 78.8 cm³/mol. The van der Waals surface area contributed by atoms with Crippen molar-refractivity contribution in [3.8, 4) is 5.75 Å². The van der Waals surface area contributed by atoms with E-state index in [0.29, 0.717) is 6.61 Å². The van der Waals surface area contributed by atoms with Crippen molar-refractivity contribution in [3.05, 3.63) is 65.7 Å². The number of ether oxygens (including phenoxy) is 2. The van der Waals surface area contributed by atoms with Crippen LogP contribution in [0.5, 0.6) is 5.75 Å². The van der Waals surface area contributed by atoms with Gasteiger partial charge in [-0.3, -0.25) is 0 Å². The Morgan fingerprint density at radius 3 is 2.40 bits per heavy atom. The smallest absolute Gasteiger partial charge is 0.122 e. The van der Waals surface area contributed by atoms with Crippen LogP contribution >= 0.6 is 0 Å². The Balaban J connectivity index is 1.68. The van der Waals surface area contributed by atoms with Gasteiger partial charge in [-0.15, -0.1) is 0 Å². The molecule has 0 aliphatic carbocycles. The Bertz CT molecular complexity index is 511. The summed E-state index contributed by atoms with van der Waals surface area (Å²) in [5, 5.41) is 9.83. The number of rotatable bonds is 7. The van der Waals surface area contributed by atoms with E-state index in [4.69, 9.17) is 9.47 Å². The standard InChI is InChI=1S/C17H20O3/c1-14-7-5-6-10-17(14)20-13-16(18)12-19-11-15-8-3-2-4-9-15/h2-10,16,18H,11-13H2,1H3. The van der Waals surface area contributed by atoms with Crippen molar-refractivity contribution in [3.63, 3.8) is 0 Å². The second-order valence-corrected chi connectivity index (χ2v) is 4.73. The molecule has 106 valence electrons. The van der Waals surface area contributed by atoms with E-state index in [9.17, 15) is 5.11 Å². The highest BCUT2D eigenvalue weighted by molar-refractivity contribution is 5.31. The van der Waals surface area contributed by atoms with E-state index in [1.807, 2.05) is 61.5 Å². The van der Waals surface area contributed by atoms with Crippen LogP contribution in [0.2, 0.25) is 0 Å². The third-order valence-corrected chi connectivity index (χ3v) is 2.95. The Labute approximate surface area is 119 Å². The molecule has 3 heteroatoms. The van der Waals surface area contributed by atoms with E-state index in [2.05, 4.69) is 0 Å². The molecule has 1 unspecified atom stereocenters. The van der Waals surface area contributed by atoms with E-state index in [1.54, 1.807) is 0 Å². The van der Waals surface area contributed by atoms with Crippen LogP contribution in [0, 0.1) is 6.92 Å². The van der Waals surface area contributed by atoms with E-state index in [0.717, 1.165) is 16.9 Å². The maximum Gasteiger partial charge on any atom is 0.122 e. The molecular weight excluding hydrogens is 252 g/mol. The summed E-state index contributed by atoms with van der Waals surface area (Å²) in [6.07, 6.45) is -0.627. The molecule has 0 aromatic heterocycles. The van der Waals surface area contributed by atoms with E-state index in [-0.39, 0.29) is 13.2 Å². The molecule has 0 spiro atoms. The summed E-state index contributed by atoms with van der Waals surface area (Å²) in [4.78, 5) is 0. The lowest BCUT2D eigenvalue weighted by Gasteiger charge is -2.14. The summed E-state index contributed by atoms with van der Waals surface area (Å²) < 4.78 is 11.0. The van der Waals surface area contributed by atoms with E-state index in [1.165, 1.54) is 0 Å². The zero-order valence-electron chi connectivity index (χ0n) is 11.7. The number of benzene rings is 2. The molecule has 0 saturated carbocycles. The molecule has 0 radical (unpaired) electrons. The Morgan fingerprint density at radius 2 is 1.65 bits per heavy atom. The molecular formula is C17H20O3. The second kappa shape index (κ2) is 7.68. The minimum atomic E-state index is -0.627. The third-order valence-electron chi connectivity index (χ3n) is 2.95. The highest BCUT2D eigenvalue weighted by atomic mass is 16.5. The summed E-state index contributed by atoms with van der Waals surface area (Å²) in [5.41, 5.74) is 2.16. The molecule has 1 atom stereocenters. The van der Waals surface area contributed by atoms with Crippen molar-refractivity contribution in [2.75, 3.05) is 13.2 Å². The van der Waals surface area contributed by atoms with Crippen molar-refractivity contribution in [1.82, 2.24) is 0 Å². The average molecular weight is 272 g/mol. The number of para-hydroxylation sites is 1. The van der Waals surface area contributed by atoms with Crippen LogP contribution in [0.1, 0.15) is 11.1 Å². The number of aliphatic hydroxyl groups is 1. The highest BCUT2D eigenvalue weighted by Gasteiger charge is 2.06. The van der Waals surface area contributed by atoms with Crippen LogP contribution in [-0.2, 0) is 11.3 Å². The second-order valence-electron chi connectivity index (χ2n) is 4.73. The van der Waals surface area contributed by atoms with Gasteiger partial charge >= 0.3 is 0 Å². The summed E-state index contributed by atoms with van der Waals surface area (Å²) in [6.45, 7) is 2.98. The number of aryl methyl sites for hydroxylation is 1. The first-order chi connectivity index (χ1) is 9.75. The van der Waals surface area contributed by atoms with Crippen LogP contribution < -0.4 is 4.74 Å². The van der Waals surface area contributed by atoms with Crippen molar-refractivity contribution in [2.45, 2.75) is 19.6 Å². The molecule has 2 aromatic carbocycles. The first-order valence-electron chi connectivity index (χ1n) is 6.74. The Kier molecular flexibility index (Phi) is 5.59. The van der Waals surface area contributed by atoms with E-state index >= 15 is 0 Å². The minimum Gasteiger partial charge on any atom is -0.491 e. The quantitative estimate of drug-likeness (QED) is 0.842. The molecule has 0 saturated heterocycles.